The van der Waals surface area contributed by atoms with Crippen molar-refractivity contribution in [2.24, 2.45) is 5.92 Å². The Labute approximate surface area is 157 Å². The van der Waals surface area contributed by atoms with Crippen LogP contribution < -0.4 is 19.7 Å². The van der Waals surface area contributed by atoms with E-state index in [0.717, 1.165) is 11.4 Å². The molecule has 2 aromatic rings. The van der Waals surface area contributed by atoms with Crippen LogP contribution in [0.25, 0.3) is 0 Å². The molecule has 1 aliphatic heterocycles. The number of ether oxygens (including phenoxy) is 2. The van der Waals surface area contributed by atoms with Crippen molar-refractivity contribution in [3.8, 4) is 11.5 Å². The largest absolute Gasteiger partial charge is 0.497 e. The smallest absolute Gasteiger partial charge is 0.232 e. The molecule has 8 heteroatoms. The summed E-state index contributed by atoms with van der Waals surface area (Å²) in [6, 6.07) is 7.04. The molecule has 0 spiro atoms. The predicted molar refractivity (Wildman–Crippen MR) is 100 cm³/mol. The number of aromatic nitrogens is 2. The minimum absolute atomic E-state index is 0.108. The maximum atomic E-state index is 12.6. The van der Waals surface area contributed by atoms with E-state index in [1.165, 1.54) is 7.11 Å². The number of hydrogen-bond acceptors (Lipinski definition) is 6. The van der Waals surface area contributed by atoms with Gasteiger partial charge in [0.2, 0.25) is 17.8 Å². The van der Waals surface area contributed by atoms with Gasteiger partial charge in [0.1, 0.15) is 11.5 Å². The summed E-state index contributed by atoms with van der Waals surface area (Å²) in [7, 11) is 3.09. The van der Waals surface area contributed by atoms with Gasteiger partial charge in [-0.05, 0) is 32.0 Å². The molecule has 1 N–H and O–H groups in total. The van der Waals surface area contributed by atoms with Gasteiger partial charge >= 0.3 is 0 Å². The molecule has 1 aliphatic rings. The van der Waals surface area contributed by atoms with Crippen LogP contribution in [0.2, 0.25) is 0 Å². The van der Waals surface area contributed by atoms with Crippen LogP contribution in [0.15, 0.2) is 24.3 Å². The Morgan fingerprint density at radius 2 is 1.85 bits per heavy atom. The van der Waals surface area contributed by atoms with Gasteiger partial charge < -0.3 is 14.4 Å². The maximum Gasteiger partial charge on any atom is 0.232 e. The zero-order valence-corrected chi connectivity index (χ0v) is 15.8. The van der Waals surface area contributed by atoms with Gasteiger partial charge in [-0.3, -0.25) is 14.9 Å². The first-order valence-corrected chi connectivity index (χ1v) is 8.56. The summed E-state index contributed by atoms with van der Waals surface area (Å²) in [4.78, 5) is 35.1. The van der Waals surface area contributed by atoms with Crippen molar-refractivity contribution >= 4 is 23.5 Å². The highest BCUT2D eigenvalue weighted by atomic mass is 16.5. The van der Waals surface area contributed by atoms with E-state index in [2.05, 4.69) is 15.3 Å². The second-order valence-electron chi connectivity index (χ2n) is 6.41. The summed E-state index contributed by atoms with van der Waals surface area (Å²) in [5.41, 5.74) is 2.12. The molecule has 3 rings (SSSR count). The molecule has 1 fully saturated rings. The molecular formula is C19H22N4O4. The maximum absolute atomic E-state index is 12.6. The molecule has 0 saturated carbocycles. The lowest BCUT2D eigenvalue weighted by molar-refractivity contribution is -0.122. The number of nitrogens with one attached hydrogen (secondary N) is 1. The first-order valence-electron chi connectivity index (χ1n) is 8.56. The Hall–Kier alpha value is -3.16. The van der Waals surface area contributed by atoms with Gasteiger partial charge in [-0.2, -0.15) is 0 Å². The number of anilines is 2. The molecule has 1 saturated heterocycles. The second kappa shape index (κ2) is 7.61. The van der Waals surface area contributed by atoms with Crippen molar-refractivity contribution in [1.29, 1.82) is 0 Å². The second-order valence-corrected chi connectivity index (χ2v) is 6.41. The van der Waals surface area contributed by atoms with E-state index in [4.69, 9.17) is 9.47 Å². The summed E-state index contributed by atoms with van der Waals surface area (Å²) < 4.78 is 10.6. The third kappa shape index (κ3) is 3.99. The molecule has 1 aromatic heterocycles. The van der Waals surface area contributed by atoms with Crippen LogP contribution in [-0.4, -0.2) is 42.5 Å². The first kappa shape index (κ1) is 18.6. The summed E-state index contributed by atoms with van der Waals surface area (Å²) in [6.45, 7) is 3.92. The Morgan fingerprint density at radius 3 is 2.48 bits per heavy atom. The average molecular weight is 370 g/mol. The van der Waals surface area contributed by atoms with Crippen molar-refractivity contribution in [3.05, 3.63) is 35.7 Å². The van der Waals surface area contributed by atoms with Gasteiger partial charge in [0.25, 0.3) is 0 Å². The molecule has 27 heavy (non-hydrogen) atoms. The van der Waals surface area contributed by atoms with Gasteiger partial charge in [-0.15, -0.1) is 0 Å². The Balaban J connectivity index is 1.78. The summed E-state index contributed by atoms with van der Waals surface area (Å²) >= 11 is 0. The molecule has 8 nitrogen and oxygen atoms in total. The minimum atomic E-state index is -0.502. The highest BCUT2D eigenvalue weighted by Crippen LogP contribution is 2.36. The van der Waals surface area contributed by atoms with E-state index in [0.29, 0.717) is 17.2 Å². The van der Waals surface area contributed by atoms with Crippen LogP contribution in [0.1, 0.15) is 17.8 Å². The van der Waals surface area contributed by atoms with Gasteiger partial charge in [-0.1, -0.05) is 0 Å². The molecule has 2 amide bonds. The predicted octanol–water partition coefficient (Wildman–Crippen LogP) is 2.10. The first-order chi connectivity index (χ1) is 12.9. The van der Waals surface area contributed by atoms with Crippen LogP contribution in [0.5, 0.6) is 11.5 Å². The number of hydrogen-bond donors (Lipinski definition) is 1. The van der Waals surface area contributed by atoms with Gasteiger partial charge in [-0.25, -0.2) is 9.97 Å². The Morgan fingerprint density at radius 1 is 1.15 bits per heavy atom. The fourth-order valence-electron chi connectivity index (χ4n) is 3.12. The topological polar surface area (TPSA) is 93.7 Å². The number of benzene rings is 1. The molecule has 0 radical (unpaired) electrons. The molecule has 1 aromatic carbocycles. The fourth-order valence-corrected chi connectivity index (χ4v) is 3.12. The van der Waals surface area contributed by atoms with Gasteiger partial charge in [0.05, 0.1) is 25.8 Å². The number of nitrogens with zero attached hydrogens (tertiary/aromatic N) is 3. The fraction of sp³-hybridized carbons (Fsp3) is 0.368. The number of amides is 2. The monoisotopic (exact) mass is 370 g/mol. The summed E-state index contributed by atoms with van der Waals surface area (Å²) in [5.74, 6) is 0.471. The highest BCUT2D eigenvalue weighted by molar-refractivity contribution is 6.03. The SMILES string of the molecule is COc1ccc(OC)c(N2C[C@H](C(=O)Nc3nc(C)cc(C)n3)CC2=O)c1. The molecule has 142 valence electrons. The lowest BCUT2D eigenvalue weighted by atomic mass is 10.1. The zero-order valence-electron chi connectivity index (χ0n) is 15.8. The van der Waals surface area contributed by atoms with Gasteiger partial charge in [0, 0.05) is 30.4 Å². The normalized spacial score (nSPS) is 16.4. The third-order valence-corrected chi connectivity index (χ3v) is 4.39. The molecular weight excluding hydrogens is 348 g/mol. The van der Waals surface area contributed by atoms with Crippen LogP contribution in [0.3, 0.4) is 0 Å². The lowest BCUT2D eigenvalue weighted by Crippen LogP contribution is -2.29. The number of methoxy groups -OCH3 is 2. The van der Waals surface area contributed by atoms with Crippen molar-refractivity contribution in [2.45, 2.75) is 20.3 Å². The third-order valence-electron chi connectivity index (χ3n) is 4.39. The van der Waals surface area contributed by atoms with Crippen molar-refractivity contribution in [2.75, 3.05) is 31.0 Å². The number of carbonyl (C=O) groups excluding carboxylic acids is 2. The van der Waals surface area contributed by atoms with Crippen molar-refractivity contribution in [1.82, 2.24) is 9.97 Å². The van der Waals surface area contributed by atoms with Crippen LogP contribution >= 0.6 is 0 Å². The van der Waals surface area contributed by atoms with Crippen LogP contribution in [0, 0.1) is 19.8 Å². The quantitative estimate of drug-likeness (QED) is 0.866. The average Bonchev–Trinajstić information content (AvgIpc) is 3.02. The van der Waals surface area contributed by atoms with Crippen LogP contribution in [0.4, 0.5) is 11.6 Å². The summed E-state index contributed by atoms with van der Waals surface area (Å²) in [6.07, 6.45) is 0.108. The van der Waals surface area contributed by atoms with E-state index in [9.17, 15) is 9.59 Å². The van der Waals surface area contributed by atoms with Crippen molar-refractivity contribution < 1.29 is 19.1 Å². The lowest BCUT2D eigenvalue weighted by Gasteiger charge is -2.20. The number of rotatable bonds is 5. The van der Waals surface area contributed by atoms with E-state index in [1.807, 2.05) is 19.9 Å². The Bertz CT molecular complexity index is 864. The number of carbonyl (C=O) groups is 2. The highest BCUT2D eigenvalue weighted by Gasteiger charge is 2.36. The van der Waals surface area contributed by atoms with E-state index < -0.39 is 5.92 Å². The van der Waals surface area contributed by atoms with E-state index in [1.54, 1.807) is 30.2 Å². The molecule has 0 aliphatic carbocycles. The van der Waals surface area contributed by atoms with Crippen molar-refractivity contribution in [3.63, 3.8) is 0 Å². The minimum Gasteiger partial charge on any atom is -0.497 e. The van der Waals surface area contributed by atoms with E-state index >= 15 is 0 Å². The van der Waals surface area contributed by atoms with Gasteiger partial charge in [0.15, 0.2) is 0 Å². The molecule has 2 heterocycles. The molecule has 0 unspecified atom stereocenters. The number of aryl methyl sites for hydroxylation is 2. The van der Waals surface area contributed by atoms with Crippen LogP contribution in [-0.2, 0) is 9.59 Å². The zero-order chi connectivity index (χ0) is 19.6. The summed E-state index contributed by atoms with van der Waals surface area (Å²) in [5, 5.41) is 2.71. The molecule has 1 atom stereocenters. The standard InChI is InChI=1S/C19H22N4O4/c1-11-7-12(2)21-19(20-11)22-18(25)13-8-17(24)23(10-13)15-9-14(26-3)5-6-16(15)27-4/h5-7,9,13H,8,10H2,1-4H3,(H,20,21,22,25)/t13-/m1/s1. The van der Waals surface area contributed by atoms with E-state index in [-0.39, 0.29) is 30.7 Å². The Kier molecular flexibility index (Phi) is 5.25. The molecule has 0 bridgehead atoms.